The van der Waals surface area contributed by atoms with Crippen molar-refractivity contribution in [2.75, 3.05) is 13.6 Å². The molecule has 136 valence electrons. The summed E-state index contributed by atoms with van der Waals surface area (Å²) >= 11 is 0. The minimum Gasteiger partial charge on any atom is -0.508 e. The van der Waals surface area contributed by atoms with Gasteiger partial charge in [0.2, 0.25) is 0 Å². The van der Waals surface area contributed by atoms with Gasteiger partial charge in [-0.1, -0.05) is 30.3 Å². The van der Waals surface area contributed by atoms with Crippen LogP contribution in [-0.4, -0.2) is 41.6 Å². The maximum absolute atomic E-state index is 12.6. The standard InChI is InChI=1S/C22H26N2O2/c1-24-11-10-22(17-8-5-9-20(25)12-17)14-18(13-19(24)15-22)23-21(26)16-6-3-2-4-7-16/h2-9,12,18-19,25H,10-11,13-15H2,1H3,(H,23,26)/t18-,19-,22-/m1/s1. The number of rotatable bonds is 3. The van der Waals surface area contributed by atoms with E-state index in [1.165, 1.54) is 5.56 Å². The maximum Gasteiger partial charge on any atom is 0.251 e. The number of nitrogens with zero attached hydrogens (tertiary/aromatic N) is 1. The third-order valence-electron chi connectivity index (χ3n) is 6.22. The van der Waals surface area contributed by atoms with Crippen LogP contribution in [0.2, 0.25) is 0 Å². The molecule has 4 rings (SSSR count). The fraction of sp³-hybridized carbons (Fsp3) is 0.409. The summed E-state index contributed by atoms with van der Waals surface area (Å²) in [4.78, 5) is 15.1. The van der Waals surface area contributed by atoms with E-state index in [0.717, 1.165) is 32.2 Å². The average molecular weight is 350 g/mol. The molecule has 1 saturated carbocycles. The highest BCUT2D eigenvalue weighted by Crippen LogP contribution is 2.47. The van der Waals surface area contributed by atoms with Crippen molar-refractivity contribution in [3.05, 3.63) is 65.7 Å². The van der Waals surface area contributed by atoms with Crippen LogP contribution in [0.15, 0.2) is 54.6 Å². The highest BCUT2D eigenvalue weighted by molar-refractivity contribution is 5.94. The fourth-order valence-corrected chi connectivity index (χ4v) is 4.80. The second-order valence-corrected chi connectivity index (χ2v) is 7.90. The van der Waals surface area contributed by atoms with E-state index in [9.17, 15) is 9.90 Å². The number of likely N-dealkylation sites (tertiary alicyclic amines) is 1. The van der Waals surface area contributed by atoms with E-state index in [4.69, 9.17) is 0 Å². The van der Waals surface area contributed by atoms with Crippen molar-refractivity contribution in [3.8, 4) is 5.75 Å². The van der Waals surface area contributed by atoms with E-state index >= 15 is 0 Å². The minimum atomic E-state index is 0.00397. The molecule has 0 aromatic heterocycles. The van der Waals surface area contributed by atoms with Crippen LogP contribution in [0, 0.1) is 0 Å². The van der Waals surface area contributed by atoms with E-state index in [1.807, 2.05) is 42.5 Å². The quantitative estimate of drug-likeness (QED) is 0.893. The third kappa shape index (κ3) is 3.21. The zero-order valence-electron chi connectivity index (χ0n) is 15.2. The number of phenols is 1. The Kier molecular flexibility index (Phi) is 4.45. The van der Waals surface area contributed by atoms with Crippen molar-refractivity contribution in [2.45, 2.75) is 43.2 Å². The zero-order valence-corrected chi connectivity index (χ0v) is 15.2. The first-order valence-electron chi connectivity index (χ1n) is 9.41. The third-order valence-corrected chi connectivity index (χ3v) is 6.22. The van der Waals surface area contributed by atoms with Crippen LogP contribution in [0.5, 0.6) is 5.75 Å². The lowest BCUT2D eigenvalue weighted by molar-refractivity contribution is 0.0506. The fourth-order valence-electron chi connectivity index (χ4n) is 4.80. The number of piperidine rings is 1. The molecule has 2 bridgehead atoms. The first kappa shape index (κ1) is 17.1. The Labute approximate surface area is 154 Å². The first-order valence-corrected chi connectivity index (χ1v) is 9.41. The summed E-state index contributed by atoms with van der Waals surface area (Å²) in [7, 11) is 2.18. The molecule has 0 spiro atoms. The van der Waals surface area contributed by atoms with E-state index in [-0.39, 0.29) is 17.4 Å². The van der Waals surface area contributed by atoms with Gasteiger partial charge in [0, 0.05) is 23.1 Å². The van der Waals surface area contributed by atoms with E-state index in [2.05, 4.69) is 23.3 Å². The molecule has 2 N–H and O–H groups in total. The molecule has 1 heterocycles. The largest absolute Gasteiger partial charge is 0.508 e. The molecule has 4 nitrogen and oxygen atoms in total. The normalized spacial score (nSPS) is 28.5. The Morgan fingerprint density at radius 2 is 1.96 bits per heavy atom. The number of phenolic OH excluding ortho intramolecular Hbond substituents is 1. The molecule has 1 aliphatic carbocycles. The molecule has 26 heavy (non-hydrogen) atoms. The van der Waals surface area contributed by atoms with Crippen LogP contribution >= 0.6 is 0 Å². The van der Waals surface area contributed by atoms with Crippen molar-refractivity contribution < 1.29 is 9.90 Å². The molecule has 2 fully saturated rings. The molecular formula is C22H26N2O2. The van der Waals surface area contributed by atoms with E-state index in [0.29, 0.717) is 17.4 Å². The van der Waals surface area contributed by atoms with Gasteiger partial charge in [0.25, 0.3) is 5.91 Å². The van der Waals surface area contributed by atoms with Crippen LogP contribution < -0.4 is 5.32 Å². The second-order valence-electron chi connectivity index (χ2n) is 7.90. The Balaban J connectivity index is 1.59. The van der Waals surface area contributed by atoms with Gasteiger partial charge in [0.1, 0.15) is 5.75 Å². The number of carbonyl (C=O) groups is 1. The molecule has 2 aromatic rings. The molecule has 1 aliphatic heterocycles. The predicted molar refractivity (Wildman–Crippen MR) is 102 cm³/mol. The Bertz CT molecular complexity index is 792. The SMILES string of the molecule is CN1CC[C@@]2(c3cccc(O)c3)C[C@H](NC(=O)c3ccccc3)C[C@@H]1C2. The highest BCUT2D eigenvalue weighted by atomic mass is 16.3. The van der Waals surface area contributed by atoms with Crippen LogP contribution in [0.3, 0.4) is 0 Å². The lowest BCUT2D eigenvalue weighted by Gasteiger charge is -2.52. The molecule has 2 aromatic carbocycles. The van der Waals surface area contributed by atoms with Crippen LogP contribution in [-0.2, 0) is 5.41 Å². The number of aromatic hydroxyl groups is 1. The van der Waals surface area contributed by atoms with Gasteiger partial charge in [0.05, 0.1) is 0 Å². The predicted octanol–water partition coefficient (Wildman–Crippen LogP) is 3.32. The minimum absolute atomic E-state index is 0.00397. The molecule has 1 amide bonds. The average Bonchev–Trinajstić information content (AvgIpc) is 2.66. The summed E-state index contributed by atoms with van der Waals surface area (Å²) in [6.45, 7) is 1.06. The van der Waals surface area contributed by atoms with Crippen molar-refractivity contribution >= 4 is 5.91 Å². The number of hydrogen-bond donors (Lipinski definition) is 2. The number of fused-ring (bicyclic) bond motifs is 2. The van der Waals surface area contributed by atoms with E-state index < -0.39 is 0 Å². The molecule has 4 heteroatoms. The van der Waals surface area contributed by atoms with Crippen molar-refractivity contribution in [1.82, 2.24) is 10.2 Å². The number of carbonyl (C=O) groups excluding carboxylic acids is 1. The second kappa shape index (κ2) is 6.76. The monoisotopic (exact) mass is 350 g/mol. The summed E-state index contributed by atoms with van der Waals surface area (Å²) in [5.41, 5.74) is 1.94. The molecule has 2 aliphatic rings. The lowest BCUT2D eigenvalue weighted by atomic mass is 9.62. The molecule has 1 saturated heterocycles. The molecule has 0 radical (unpaired) electrons. The Morgan fingerprint density at radius 3 is 2.73 bits per heavy atom. The van der Waals surface area contributed by atoms with E-state index in [1.54, 1.807) is 6.07 Å². The smallest absolute Gasteiger partial charge is 0.251 e. The van der Waals surface area contributed by atoms with Gasteiger partial charge in [-0.15, -0.1) is 0 Å². The topological polar surface area (TPSA) is 52.6 Å². The highest BCUT2D eigenvalue weighted by Gasteiger charge is 2.46. The summed E-state index contributed by atoms with van der Waals surface area (Å²) < 4.78 is 0. The van der Waals surface area contributed by atoms with Crippen LogP contribution in [0.1, 0.15) is 41.6 Å². The van der Waals surface area contributed by atoms with Gasteiger partial charge < -0.3 is 15.3 Å². The summed E-state index contributed by atoms with van der Waals surface area (Å²) in [5.74, 6) is 0.326. The number of benzene rings is 2. The van der Waals surface area contributed by atoms with Crippen molar-refractivity contribution in [3.63, 3.8) is 0 Å². The van der Waals surface area contributed by atoms with Gasteiger partial charge in [0.15, 0.2) is 0 Å². The maximum atomic E-state index is 12.6. The van der Waals surface area contributed by atoms with Gasteiger partial charge in [-0.3, -0.25) is 4.79 Å². The van der Waals surface area contributed by atoms with Crippen LogP contribution in [0.4, 0.5) is 0 Å². The van der Waals surface area contributed by atoms with Crippen molar-refractivity contribution in [1.29, 1.82) is 0 Å². The lowest BCUT2D eigenvalue weighted by Crippen LogP contribution is -2.57. The number of amides is 1. The van der Waals surface area contributed by atoms with Crippen LogP contribution in [0.25, 0.3) is 0 Å². The van der Waals surface area contributed by atoms with Gasteiger partial charge >= 0.3 is 0 Å². The van der Waals surface area contributed by atoms with Gasteiger partial charge in [-0.05, 0) is 69.1 Å². The molecular weight excluding hydrogens is 324 g/mol. The summed E-state index contributed by atoms with van der Waals surface area (Å²) in [5, 5.41) is 13.2. The Morgan fingerprint density at radius 1 is 1.15 bits per heavy atom. The van der Waals surface area contributed by atoms with Crippen molar-refractivity contribution in [2.24, 2.45) is 0 Å². The van der Waals surface area contributed by atoms with Gasteiger partial charge in [-0.2, -0.15) is 0 Å². The Hall–Kier alpha value is -2.33. The summed E-state index contributed by atoms with van der Waals surface area (Å²) in [6.07, 6.45) is 4.06. The first-order chi connectivity index (χ1) is 12.6. The summed E-state index contributed by atoms with van der Waals surface area (Å²) in [6, 6.07) is 17.7. The number of nitrogens with one attached hydrogen (secondary N) is 1. The molecule has 3 atom stereocenters. The molecule has 0 unspecified atom stereocenters. The number of hydrogen-bond acceptors (Lipinski definition) is 3. The van der Waals surface area contributed by atoms with Gasteiger partial charge in [-0.25, -0.2) is 0 Å². The zero-order chi connectivity index (χ0) is 18.1.